The molecule has 32 nitrogen and oxygen atoms in total. The van der Waals surface area contributed by atoms with Gasteiger partial charge in [0.2, 0.25) is 18.2 Å². The molecule has 0 saturated heterocycles. The van der Waals surface area contributed by atoms with Gasteiger partial charge in [-0.3, -0.25) is 0 Å². The number of alkyl carbamates (subject to hydrolysis) is 3. The van der Waals surface area contributed by atoms with E-state index in [1.165, 1.54) is 52.5 Å². The van der Waals surface area contributed by atoms with Crippen molar-refractivity contribution in [3.63, 3.8) is 0 Å². The summed E-state index contributed by atoms with van der Waals surface area (Å²) in [6, 6.07) is -1.81. The van der Waals surface area contributed by atoms with Crippen LogP contribution >= 0.6 is 0 Å². The van der Waals surface area contributed by atoms with E-state index < -0.39 is 84.9 Å². The second-order valence-electron chi connectivity index (χ2n) is 44.8. The quantitative estimate of drug-likeness (QED) is 0.0158. The second kappa shape index (κ2) is 46.6. The highest BCUT2D eigenvalue weighted by Gasteiger charge is 2.50. The number of hydrogen-bond acceptors (Lipinski definition) is 23. The van der Waals surface area contributed by atoms with Gasteiger partial charge in [0.05, 0.1) is 89.4 Å². The number of aliphatic imine (C=N–C) groups is 3. The number of amides is 3. The smallest absolute Gasteiger partial charge is 0.407 e. The van der Waals surface area contributed by atoms with Gasteiger partial charge in [-0.1, -0.05) is 151 Å². The third-order valence-electron chi connectivity index (χ3n) is 26.1. The SMILES string of the molecule is C=COCCCCO.C=COCCCCOC(=O)NC1CC(C)(C)CC(C)(Cn2c(=O)n(CC3(C)CC(NC(=O)OCCCCOC=C)CC(C)(C)C3)c(=O)n(CC3(C)CC(NC(=O)OCCCCOC=C)CC(C)(C)C3)c2=O)C1.CC1(C)CC(N=C=O)CC(C)(Cn2c(=O)n(CC3(C)CC(N=C=O)CC(C)(C)C3)c(=O)n(CC3(C)CC(N=C=O)CC(C)(C)C3)c2=O)C1. The molecular formula is C96H156N12O20. The van der Waals surface area contributed by atoms with Crippen molar-refractivity contribution in [3.05, 3.63) is 114 Å². The number of nitrogens with zero attached hydrogens (tertiary/aromatic N) is 9. The van der Waals surface area contributed by atoms with E-state index in [1.54, 1.807) is 18.2 Å². The molecule has 2 aromatic heterocycles. The second-order valence-corrected chi connectivity index (χ2v) is 44.8. The van der Waals surface area contributed by atoms with Crippen LogP contribution in [0.1, 0.15) is 292 Å². The lowest BCUT2D eigenvalue weighted by molar-refractivity contribution is 0.0395. The summed E-state index contributed by atoms with van der Waals surface area (Å²) in [7, 11) is 0. The molecule has 0 aromatic carbocycles. The Hall–Kier alpha value is -9.11. The zero-order valence-electron chi connectivity index (χ0n) is 80.6. The Labute approximate surface area is 757 Å². The van der Waals surface area contributed by atoms with Gasteiger partial charge in [0.15, 0.2) is 0 Å². The summed E-state index contributed by atoms with van der Waals surface area (Å²) in [5.74, 6) is 0. The van der Waals surface area contributed by atoms with Crippen LogP contribution in [0.15, 0.2) is 95.1 Å². The number of rotatable bonds is 41. The summed E-state index contributed by atoms with van der Waals surface area (Å²) in [4.78, 5) is 174. The highest BCUT2D eigenvalue weighted by molar-refractivity contribution is 5.68. The molecule has 128 heavy (non-hydrogen) atoms. The molecule has 6 aliphatic rings. The summed E-state index contributed by atoms with van der Waals surface area (Å²) in [6.07, 6.45) is 25.6. The monoisotopic (exact) mass is 1800 g/mol. The maximum atomic E-state index is 15.1. The summed E-state index contributed by atoms with van der Waals surface area (Å²) in [5, 5.41) is 17.5. The van der Waals surface area contributed by atoms with Gasteiger partial charge >= 0.3 is 52.4 Å². The zero-order valence-corrected chi connectivity index (χ0v) is 80.6. The van der Waals surface area contributed by atoms with Crippen LogP contribution in [0, 0.1) is 65.0 Å². The van der Waals surface area contributed by atoms with Crippen molar-refractivity contribution in [1.82, 2.24) is 43.4 Å². The fraction of sp³-hybridized carbons (Fsp3) is 0.792. The standard InChI is InChI=1S/C54H90N6O12.C36H54N6O6.C6H12O2/c1-13-67-22-16-19-25-70-43(61)55-40-28-49(4,5)34-52(10,31-40)37-58-46(64)59(38-53(11)32-41(29-50(6,7)35-53)56-44(62)71-26-20-17-23-68-14-2)48(66)60(47(58)65)39-54(12)33-42(30-51(8,9)36-54)57-45(63)72-27-21-18-24-69-15-3;1-31(2)10-25(37-22-43)13-34(7,16-31)19-40-28(46)41(20-35(8)14-26(38-23-44)11-32(3,4)17-35)30(48)42(29(40)47)21-36(9)15-27(39-24-45)12-33(5,6)18-36;1-2-8-6-4-3-5-7/h13-15,40-42H,1-3,16-39H2,4-12H3,(H,55,61)(H,56,62)(H,57,63);25-27H,10-21H2,1-9H3;2,7H,1,3-6H2. The van der Waals surface area contributed by atoms with Crippen LogP contribution in [0.2, 0.25) is 0 Å². The van der Waals surface area contributed by atoms with E-state index in [4.69, 9.17) is 38.3 Å². The van der Waals surface area contributed by atoms with Crippen LogP contribution in [0.4, 0.5) is 14.4 Å². The fourth-order valence-corrected chi connectivity index (χ4v) is 24.2. The third kappa shape index (κ3) is 34.0. The number of ether oxygens (including phenoxy) is 7. The highest BCUT2D eigenvalue weighted by Crippen LogP contribution is 2.53. The Morgan fingerprint density at radius 3 is 0.703 bits per heavy atom. The lowest BCUT2D eigenvalue weighted by Crippen LogP contribution is -2.60. The van der Waals surface area contributed by atoms with Crippen LogP contribution < -0.4 is 50.1 Å². The Morgan fingerprint density at radius 1 is 0.320 bits per heavy atom. The maximum absolute atomic E-state index is 15.1. The number of aromatic nitrogens is 6. The molecule has 6 saturated carbocycles. The van der Waals surface area contributed by atoms with Gasteiger partial charge < -0.3 is 54.2 Å². The van der Waals surface area contributed by atoms with Crippen LogP contribution in [0.3, 0.4) is 0 Å². The molecule has 3 amide bonds. The Bertz CT molecular complexity index is 4130. The van der Waals surface area contributed by atoms with Crippen molar-refractivity contribution in [2.75, 3.05) is 52.9 Å². The summed E-state index contributed by atoms with van der Waals surface area (Å²) >= 11 is 0. The van der Waals surface area contributed by atoms with Crippen molar-refractivity contribution in [2.24, 2.45) is 80.0 Å². The minimum atomic E-state index is -0.698. The van der Waals surface area contributed by atoms with Gasteiger partial charge in [0, 0.05) is 64.0 Å². The molecular weight excluding hydrogens is 1640 g/mol. The van der Waals surface area contributed by atoms with Crippen LogP contribution in [0.25, 0.3) is 0 Å². The van der Waals surface area contributed by atoms with Gasteiger partial charge in [0.1, 0.15) is 0 Å². The van der Waals surface area contributed by atoms with E-state index in [9.17, 15) is 43.2 Å². The molecule has 720 valence electrons. The molecule has 12 atom stereocenters. The molecule has 2 heterocycles. The molecule has 6 aliphatic carbocycles. The number of aliphatic hydroxyl groups is 1. The molecule has 2 aromatic rings. The van der Waals surface area contributed by atoms with Gasteiger partial charge in [-0.05, 0) is 232 Å². The highest BCUT2D eigenvalue weighted by atomic mass is 16.6. The average molecular weight is 1800 g/mol. The average Bonchev–Trinajstić information content (AvgIpc) is 0.746. The Kier molecular flexibility index (Phi) is 39.2. The molecule has 0 aliphatic heterocycles. The third-order valence-corrected chi connectivity index (χ3v) is 26.1. The van der Waals surface area contributed by atoms with Crippen LogP contribution in [0.5, 0.6) is 0 Å². The fourth-order valence-electron chi connectivity index (χ4n) is 24.2. The first kappa shape index (κ1) is 108. The molecule has 8 rings (SSSR count). The lowest BCUT2D eigenvalue weighted by atomic mass is 9.62. The largest absolute Gasteiger partial charge is 0.502 e. The van der Waals surface area contributed by atoms with E-state index in [-0.39, 0.29) is 134 Å². The van der Waals surface area contributed by atoms with Gasteiger partial charge in [0.25, 0.3) is 0 Å². The first-order chi connectivity index (χ1) is 59.7. The first-order valence-electron chi connectivity index (χ1n) is 46.1. The van der Waals surface area contributed by atoms with E-state index in [1.807, 2.05) is 41.5 Å². The number of carbonyl (C=O) groups excluding carboxylic acids is 6. The van der Waals surface area contributed by atoms with Crippen molar-refractivity contribution < 1.29 is 67.0 Å². The minimum absolute atomic E-state index is 0.000787. The van der Waals surface area contributed by atoms with Crippen LogP contribution in [-0.2, 0) is 86.8 Å². The van der Waals surface area contributed by atoms with E-state index >= 15 is 14.4 Å². The predicted molar refractivity (Wildman–Crippen MR) is 492 cm³/mol. The number of isocyanates is 3. The van der Waals surface area contributed by atoms with Gasteiger partial charge in [-0.2, -0.15) is 0 Å². The summed E-state index contributed by atoms with van der Waals surface area (Å²) < 4.78 is 44.2. The zero-order chi connectivity index (χ0) is 95.6. The molecule has 12 unspecified atom stereocenters. The molecule has 0 radical (unpaired) electrons. The van der Waals surface area contributed by atoms with Crippen molar-refractivity contribution >= 4 is 36.5 Å². The molecule has 0 bridgehead atoms. The predicted octanol–water partition coefficient (Wildman–Crippen LogP) is 14.8. The van der Waals surface area contributed by atoms with E-state index in [0.717, 1.165) is 12.8 Å². The maximum Gasteiger partial charge on any atom is 0.407 e. The number of nitrogens with one attached hydrogen (secondary N) is 3. The molecule has 6 fully saturated rings. The normalized spacial score (nSPS) is 28.0. The van der Waals surface area contributed by atoms with Gasteiger partial charge in [-0.25, -0.2) is 99.9 Å². The summed E-state index contributed by atoms with van der Waals surface area (Å²) in [6.45, 7) is 54.6. The van der Waals surface area contributed by atoms with Crippen molar-refractivity contribution in [2.45, 2.75) is 367 Å². The topological polar surface area (TPSA) is 392 Å². The first-order valence-corrected chi connectivity index (χ1v) is 46.1. The number of unbranched alkanes of at least 4 members (excludes halogenated alkanes) is 4. The number of hydrogen-bond donors (Lipinski definition) is 4. The van der Waals surface area contributed by atoms with Crippen LogP contribution in [-0.4, -0.2) is 158 Å². The Balaban J connectivity index is 0.000000387. The van der Waals surface area contributed by atoms with Crippen molar-refractivity contribution in [1.29, 1.82) is 0 Å². The number of carbonyl (C=O) groups is 3. The number of aliphatic hydroxyl groups excluding tert-OH is 1. The summed E-state index contributed by atoms with van der Waals surface area (Å²) in [5.41, 5.74) is -9.32. The molecule has 32 heteroatoms. The minimum Gasteiger partial charge on any atom is -0.502 e. The molecule has 4 N–H and O–H groups in total. The molecule has 0 spiro atoms. The Morgan fingerprint density at radius 2 is 0.508 bits per heavy atom. The lowest BCUT2D eigenvalue weighted by Gasteiger charge is -2.48. The van der Waals surface area contributed by atoms with E-state index in [0.29, 0.717) is 181 Å². The van der Waals surface area contributed by atoms with Gasteiger partial charge in [-0.15, -0.1) is 0 Å². The van der Waals surface area contributed by atoms with E-state index in [2.05, 4.69) is 140 Å². The van der Waals surface area contributed by atoms with Crippen molar-refractivity contribution in [3.8, 4) is 0 Å².